The summed E-state index contributed by atoms with van der Waals surface area (Å²) in [4.78, 5) is 3.31. The molecule has 0 aliphatic heterocycles. The zero-order chi connectivity index (χ0) is 19.3. The molecule has 2 N–H and O–H groups in total. The van der Waals surface area contributed by atoms with Gasteiger partial charge in [-0.25, -0.2) is 18.2 Å². The molecular weight excluding hydrogens is 351 g/mol. The number of allylic oxidation sites excluding steroid dienone is 2. The van der Waals surface area contributed by atoms with Crippen LogP contribution in [0.15, 0.2) is 42.1 Å². The fourth-order valence-electron chi connectivity index (χ4n) is 1.79. The van der Waals surface area contributed by atoms with E-state index < -0.39 is 48.5 Å². The van der Waals surface area contributed by atoms with Crippen molar-refractivity contribution in [1.82, 2.24) is 16.0 Å². The van der Waals surface area contributed by atoms with Crippen molar-refractivity contribution in [2.24, 2.45) is 4.99 Å². The first kappa shape index (κ1) is 20.9. The Morgan fingerprint density at radius 2 is 1.96 bits per heavy atom. The highest BCUT2D eigenvalue weighted by molar-refractivity contribution is 5.87. The fraction of sp³-hybridized carbons (Fsp3) is 0.500. The molecule has 6 nitrogen and oxygen atoms in total. The molecule has 25 heavy (non-hydrogen) atoms. The van der Waals surface area contributed by atoms with E-state index in [0.29, 0.717) is 0 Å². The Hall–Kier alpha value is -2.14. The lowest BCUT2D eigenvalue weighted by Crippen LogP contribution is -2.54. The van der Waals surface area contributed by atoms with Gasteiger partial charge in [0.15, 0.2) is 5.83 Å². The third kappa shape index (κ3) is 5.71. The molecule has 0 atom stereocenters. The zero-order valence-electron chi connectivity index (χ0n) is 13.7. The minimum absolute atomic E-state index is 0.512. The first-order valence-corrected chi connectivity index (χ1v) is 7.00. The smallest absolute Gasteiger partial charge is 0.416 e. The van der Waals surface area contributed by atoms with E-state index in [0.717, 1.165) is 24.4 Å². The number of ether oxygens (including phenoxy) is 2. The van der Waals surface area contributed by atoms with E-state index in [9.17, 15) is 22.0 Å². The van der Waals surface area contributed by atoms with Gasteiger partial charge in [0, 0.05) is 33.2 Å². The Balaban J connectivity index is 2.79. The summed E-state index contributed by atoms with van der Waals surface area (Å²) >= 11 is 0. The molecule has 0 radical (unpaired) electrons. The van der Waals surface area contributed by atoms with Crippen molar-refractivity contribution in [3.63, 3.8) is 0 Å². The number of aliphatic imine (C=N–C) groups is 1. The van der Waals surface area contributed by atoms with Crippen LogP contribution in [0.5, 0.6) is 0 Å². The van der Waals surface area contributed by atoms with Gasteiger partial charge in [-0.1, -0.05) is 13.2 Å². The van der Waals surface area contributed by atoms with Gasteiger partial charge in [0.1, 0.15) is 6.10 Å². The summed E-state index contributed by atoms with van der Waals surface area (Å²) in [6.45, 7) is 6.40. The second-order valence-electron chi connectivity index (χ2n) is 5.04. The molecular formula is C14H19F5N4O2. The number of hydrogen-bond donors (Lipinski definition) is 2. The quantitative estimate of drug-likeness (QED) is 0.163. The van der Waals surface area contributed by atoms with Crippen LogP contribution in [0, 0.1) is 0 Å². The summed E-state index contributed by atoms with van der Waals surface area (Å²) in [5, 5.41) is 0.831. The van der Waals surface area contributed by atoms with Gasteiger partial charge >= 0.3 is 6.11 Å². The Morgan fingerprint density at radius 1 is 1.36 bits per heavy atom. The van der Waals surface area contributed by atoms with Crippen LogP contribution in [0.3, 0.4) is 0 Å². The predicted octanol–water partition coefficient (Wildman–Crippen LogP) is 2.85. The molecule has 0 saturated heterocycles. The molecule has 0 bridgehead atoms. The molecule has 0 amide bonds. The molecule has 0 aromatic heterocycles. The van der Waals surface area contributed by atoms with Gasteiger partial charge in [0.05, 0.1) is 0 Å². The molecule has 1 rings (SSSR count). The highest BCUT2D eigenvalue weighted by atomic mass is 19.3. The lowest BCUT2D eigenvalue weighted by atomic mass is 9.91. The van der Waals surface area contributed by atoms with E-state index in [1.165, 1.54) is 7.05 Å². The van der Waals surface area contributed by atoms with E-state index in [4.69, 9.17) is 4.74 Å². The summed E-state index contributed by atoms with van der Waals surface area (Å²) < 4.78 is 75.7. The van der Waals surface area contributed by atoms with Crippen LogP contribution in [0.2, 0.25) is 0 Å². The van der Waals surface area contributed by atoms with E-state index in [-0.39, 0.29) is 0 Å². The number of hydrazine groups is 2. The monoisotopic (exact) mass is 370 g/mol. The average molecular weight is 370 g/mol. The third-order valence-electron chi connectivity index (χ3n) is 3.11. The summed E-state index contributed by atoms with van der Waals surface area (Å²) in [6.07, 6.45) is -4.22. The maximum Gasteiger partial charge on any atom is 0.416 e. The van der Waals surface area contributed by atoms with Gasteiger partial charge in [0.2, 0.25) is 11.7 Å². The number of halogens is 5. The van der Waals surface area contributed by atoms with Crippen LogP contribution in [0.25, 0.3) is 0 Å². The van der Waals surface area contributed by atoms with Gasteiger partial charge in [-0.3, -0.25) is 10.4 Å². The summed E-state index contributed by atoms with van der Waals surface area (Å²) in [5.74, 6) is -5.32. The number of alkyl halides is 4. The van der Waals surface area contributed by atoms with Crippen LogP contribution in [-0.4, -0.2) is 43.1 Å². The van der Waals surface area contributed by atoms with Crippen LogP contribution >= 0.6 is 0 Å². The Kier molecular flexibility index (Phi) is 6.94. The number of nitrogens with zero attached hydrogens (tertiary/aromatic N) is 2. The van der Waals surface area contributed by atoms with Gasteiger partial charge < -0.3 is 9.47 Å². The SMILES string of the molecule is C=CN=C(NNN(C)/C(OC1CC(F)(F)C1)=C(/F)C=C)C(F)(F)OC. The maximum atomic E-state index is 13.9. The van der Waals surface area contributed by atoms with Crippen molar-refractivity contribution >= 4 is 5.84 Å². The molecule has 11 heteroatoms. The first-order valence-electron chi connectivity index (χ1n) is 7.00. The minimum atomic E-state index is -3.78. The summed E-state index contributed by atoms with van der Waals surface area (Å²) in [6, 6.07) is 0. The van der Waals surface area contributed by atoms with E-state index in [1.807, 2.05) is 5.43 Å². The van der Waals surface area contributed by atoms with Crippen molar-refractivity contribution in [3.8, 4) is 0 Å². The van der Waals surface area contributed by atoms with Gasteiger partial charge in [-0.05, 0) is 6.08 Å². The van der Waals surface area contributed by atoms with Gasteiger partial charge in [-0.15, -0.1) is 5.53 Å². The van der Waals surface area contributed by atoms with Crippen LogP contribution in [0.1, 0.15) is 12.8 Å². The number of rotatable bonds is 9. The second kappa shape index (κ2) is 8.30. The topological polar surface area (TPSA) is 58.1 Å². The largest absolute Gasteiger partial charge is 0.472 e. The van der Waals surface area contributed by atoms with Crippen molar-refractivity contribution in [2.45, 2.75) is 31.0 Å². The molecule has 0 spiro atoms. The van der Waals surface area contributed by atoms with E-state index in [2.05, 4.69) is 28.4 Å². The molecule has 0 heterocycles. The Bertz CT molecular complexity index is 557. The van der Waals surface area contributed by atoms with Gasteiger partial charge in [0.25, 0.3) is 5.92 Å². The minimum Gasteiger partial charge on any atom is -0.472 e. The normalized spacial score (nSPS) is 18.8. The Labute approximate surface area is 141 Å². The molecule has 1 aliphatic carbocycles. The van der Waals surface area contributed by atoms with Crippen LogP contribution < -0.4 is 11.0 Å². The Morgan fingerprint density at radius 3 is 2.40 bits per heavy atom. The summed E-state index contributed by atoms with van der Waals surface area (Å²) in [5.41, 5.74) is 4.20. The van der Waals surface area contributed by atoms with Crippen molar-refractivity contribution < 1.29 is 31.4 Å². The molecule has 1 saturated carbocycles. The van der Waals surface area contributed by atoms with E-state index in [1.54, 1.807) is 0 Å². The van der Waals surface area contributed by atoms with Crippen LogP contribution in [-0.2, 0) is 9.47 Å². The standard InChI is InChI=1S/C14H19F5N4O2/c1-5-10(15)11(25-9-7-13(16,17)8-9)23(3)22-21-12(20-6-2)14(18,19)24-4/h5-6,9,22H,1-2,7-8H2,3-4H3,(H,20,21)/b11-10-. The molecule has 0 aromatic carbocycles. The molecule has 0 unspecified atom stereocenters. The molecule has 1 aliphatic rings. The van der Waals surface area contributed by atoms with Crippen LogP contribution in [0.4, 0.5) is 22.0 Å². The summed E-state index contributed by atoms with van der Waals surface area (Å²) in [7, 11) is 1.96. The zero-order valence-corrected chi connectivity index (χ0v) is 13.7. The lowest BCUT2D eigenvalue weighted by Gasteiger charge is -2.37. The lowest BCUT2D eigenvalue weighted by molar-refractivity contribution is -0.168. The third-order valence-corrected chi connectivity index (χ3v) is 3.11. The molecule has 0 aromatic rings. The fourth-order valence-corrected chi connectivity index (χ4v) is 1.79. The van der Waals surface area contributed by atoms with Crippen molar-refractivity contribution in [3.05, 3.63) is 37.1 Å². The number of amidine groups is 1. The number of nitrogens with one attached hydrogen (secondary N) is 2. The average Bonchev–Trinajstić information content (AvgIpc) is 2.53. The highest BCUT2D eigenvalue weighted by Gasteiger charge is 2.47. The number of hydrogen-bond acceptors (Lipinski definition) is 5. The molecule has 142 valence electrons. The predicted molar refractivity (Wildman–Crippen MR) is 81.0 cm³/mol. The highest BCUT2D eigenvalue weighted by Crippen LogP contribution is 2.40. The van der Waals surface area contributed by atoms with Crippen molar-refractivity contribution in [2.75, 3.05) is 14.2 Å². The first-order chi connectivity index (χ1) is 11.6. The van der Waals surface area contributed by atoms with E-state index >= 15 is 0 Å². The number of methoxy groups -OCH3 is 1. The van der Waals surface area contributed by atoms with Crippen molar-refractivity contribution in [1.29, 1.82) is 0 Å². The van der Waals surface area contributed by atoms with Gasteiger partial charge in [-0.2, -0.15) is 8.78 Å². The molecule has 1 fully saturated rings. The second-order valence-corrected chi connectivity index (χ2v) is 5.04. The maximum absolute atomic E-state index is 13.9.